The molecule has 22 heavy (non-hydrogen) atoms. The molecule has 0 atom stereocenters. The van der Waals surface area contributed by atoms with Crippen molar-refractivity contribution in [2.24, 2.45) is 0 Å². The second-order valence-corrected chi connectivity index (χ2v) is 7.84. The Morgan fingerprint density at radius 1 is 1.14 bits per heavy atom. The Labute approximate surface area is 134 Å². The summed E-state index contributed by atoms with van der Waals surface area (Å²) in [6.07, 6.45) is 1.31. The molecule has 0 N–H and O–H groups in total. The molecule has 0 saturated heterocycles. The fourth-order valence-electron chi connectivity index (χ4n) is 1.66. The van der Waals surface area contributed by atoms with Crippen LogP contribution in [0.3, 0.4) is 0 Å². The van der Waals surface area contributed by atoms with Crippen LogP contribution in [-0.2, 0) is 10.0 Å². The Kier molecular flexibility index (Phi) is 5.33. The lowest BCUT2D eigenvalue weighted by molar-refractivity contribution is 0.102. The summed E-state index contributed by atoms with van der Waals surface area (Å²) in [7, 11) is -0.536. The molecule has 0 bridgehead atoms. The summed E-state index contributed by atoms with van der Waals surface area (Å²) in [4.78, 5) is 16.2. The minimum absolute atomic E-state index is 0.0115. The molecule has 0 aliphatic heterocycles. The van der Waals surface area contributed by atoms with E-state index in [2.05, 4.69) is 4.98 Å². The van der Waals surface area contributed by atoms with Gasteiger partial charge in [-0.25, -0.2) is 17.7 Å². The highest BCUT2D eigenvalue weighted by molar-refractivity contribution is 7.99. The molecule has 0 saturated carbocycles. The van der Waals surface area contributed by atoms with Gasteiger partial charge in [0.05, 0.1) is 10.8 Å². The number of aromatic nitrogens is 1. The average Bonchev–Trinajstić information content (AvgIpc) is 2.53. The first-order valence-electron chi connectivity index (χ1n) is 6.51. The summed E-state index contributed by atoms with van der Waals surface area (Å²) < 4.78 is 25.0. The predicted molar refractivity (Wildman–Crippen MR) is 86.6 cm³/mol. The number of rotatable bonds is 6. The molecule has 2 rings (SSSR count). The predicted octanol–water partition coefficient (Wildman–Crippen LogP) is 2.31. The third kappa shape index (κ3) is 3.94. The standard InChI is InChI=1S/C15H16N2O3S2/c1-17(2)22(19,20)13-8-9-15(16-10-13)21-11-14(18)12-6-4-3-5-7-12/h3-10H,11H2,1-2H3. The number of carbonyl (C=O) groups is 1. The lowest BCUT2D eigenvalue weighted by Gasteiger charge is -2.10. The maximum atomic E-state index is 12.0. The highest BCUT2D eigenvalue weighted by atomic mass is 32.2. The zero-order chi connectivity index (χ0) is 16.2. The van der Waals surface area contributed by atoms with Crippen molar-refractivity contribution >= 4 is 27.6 Å². The second kappa shape index (κ2) is 7.04. The van der Waals surface area contributed by atoms with Crippen molar-refractivity contribution in [1.29, 1.82) is 0 Å². The van der Waals surface area contributed by atoms with Crippen LogP contribution >= 0.6 is 11.8 Å². The highest BCUT2D eigenvalue weighted by Gasteiger charge is 2.17. The van der Waals surface area contributed by atoms with Gasteiger partial charge in [-0.1, -0.05) is 42.1 Å². The molecular weight excluding hydrogens is 320 g/mol. The van der Waals surface area contributed by atoms with Crippen LogP contribution in [0, 0.1) is 0 Å². The molecule has 2 aromatic rings. The molecule has 0 amide bonds. The Bertz CT molecular complexity index is 742. The van der Waals surface area contributed by atoms with E-state index in [-0.39, 0.29) is 16.4 Å². The summed E-state index contributed by atoms with van der Waals surface area (Å²) in [5.41, 5.74) is 0.654. The monoisotopic (exact) mass is 336 g/mol. The number of hydrogen-bond acceptors (Lipinski definition) is 5. The van der Waals surface area contributed by atoms with E-state index in [0.717, 1.165) is 4.31 Å². The Morgan fingerprint density at radius 3 is 2.36 bits per heavy atom. The Morgan fingerprint density at radius 2 is 1.82 bits per heavy atom. The summed E-state index contributed by atoms with van der Waals surface area (Å²) in [6.45, 7) is 0. The lowest BCUT2D eigenvalue weighted by Crippen LogP contribution is -2.22. The fourth-order valence-corrected chi connectivity index (χ4v) is 3.25. The van der Waals surface area contributed by atoms with Crippen molar-refractivity contribution in [3.63, 3.8) is 0 Å². The molecule has 1 heterocycles. The molecular formula is C15H16N2O3S2. The second-order valence-electron chi connectivity index (χ2n) is 4.70. The van der Waals surface area contributed by atoms with Gasteiger partial charge in [-0.2, -0.15) is 0 Å². The van der Waals surface area contributed by atoms with E-state index in [1.54, 1.807) is 18.2 Å². The Balaban J connectivity index is 2.02. The Hall–Kier alpha value is -1.70. The molecule has 0 spiro atoms. The molecule has 0 aliphatic rings. The SMILES string of the molecule is CN(C)S(=O)(=O)c1ccc(SCC(=O)c2ccccc2)nc1. The van der Waals surface area contributed by atoms with Crippen molar-refractivity contribution in [3.8, 4) is 0 Å². The van der Waals surface area contributed by atoms with E-state index in [0.29, 0.717) is 10.6 Å². The van der Waals surface area contributed by atoms with Crippen LogP contribution in [0.1, 0.15) is 10.4 Å². The summed E-state index contributed by atoms with van der Waals surface area (Å²) in [6, 6.07) is 12.1. The van der Waals surface area contributed by atoms with Gasteiger partial charge in [0.2, 0.25) is 10.0 Å². The minimum atomic E-state index is -3.47. The summed E-state index contributed by atoms with van der Waals surface area (Å²) in [5.74, 6) is 0.272. The third-order valence-electron chi connectivity index (χ3n) is 2.93. The van der Waals surface area contributed by atoms with Crippen molar-refractivity contribution in [3.05, 3.63) is 54.2 Å². The van der Waals surface area contributed by atoms with Gasteiger partial charge in [-0.3, -0.25) is 4.79 Å². The van der Waals surface area contributed by atoms with E-state index in [1.807, 2.05) is 18.2 Å². The number of thioether (sulfide) groups is 1. The normalized spacial score (nSPS) is 11.6. The number of nitrogens with zero attached hydrogens (tertiary/aromatic N) is 2. The van der Waals surface area contributed by atoms with Crippen molar-refractivity contribution < 1.29 is 13.2 Å². The maximum absolute atomic E-state index is 12.0. The van der Waals surface area contributed by atoms with Crippen molar-refractivity contribution in [2.75, 3.05) is 19.8 Å². The zero-order valence-electron chi connectivity index (χ0n) is 12.3. The largest absolute Gasteiger partial charge is 0.293 e. The van der Waals surface area contributed by atoms with E-state index in [1.165, 1.54) is 38.1 Å². The van der Waals surface area contributed by atoms with Gasteiger partial charge >= 0.3 is 0 Å². The van der Waals surface area contributed by atoms with E-state index < -0.39 is 10.0 Å². The van der Waals surface area contributed by atoms with Gasteiger partial charge in [-0.05, 0) is 12.1 Å². The molecule has 7 heteroatoms. The molecule has 116 valence electrons. The lowest BCUT2D eigenvalue weighted by atomic mass is 10.2. The maximum Gasteiger partial charge on any atom is 0.244 e. The molecule has 1 aromatic carbocycles. The van der Waals surface area contributed by atoms with Crippen molar-refractivity contribution in [2.45, 2.75) is 9.92 Å². The van der Waals surface area contributed by atoms with E-state index in [4.69, 9.17) is 0 Å². The van der Waals surface area contributed by atoms with E-state index in [9.17, 15) is 13.2 Å². The smallest absolute Gasteiger partial charge is 0.244 e. The van der Waals surface area contributed by atoms with Crippen molar-refractivity contribution in [1.82, 2.24) is 9.29 Å². The van der Waals surface area contributed by atoms with Crippen LogP contribution in [0.5, 0.6) is 0 Å². The van der Waals surface area contributed by atoms with Gasteiger partial charge in [0.25, 0.3) is 0 Å². The minimum Gasteiger partial charge on any atom is -0.293 e. The molecule has 1 aromatic heterocycles. The first-order chi connectivity index (χ1) is 10.4. The number of carbonyl (C=O) groups excluding carboxylic acids is 1. The first kappa shape index (κ1) is 16.7. The highest BCUT2D eigenvalue weighted by Crippen LogP contribution is 2.19. The molecule has 5 nitrogen and oxygen atoms in total. The molecule has 0 aliphatic carbocycles. The van der Waals surface area contributed by atoms with Crippen LogP contribution in [0.2, 0.25) is 0 Å². The van der Waals surface area contributed by atoms with Crippen LogP contribution in [0.15, 0.2) is 58.6 Å². The van der Waals surface area contributed by atoms with Gasteiger partial charge < -0.3 is 0 Å². The van der Waals surface area contributed by atoms with Crippen LogP contribution < -0.4 is 0 Å². The van der Waals surface area contributed by atoms with Gasteiger partial charge in [-0.15, -0.1) is 0 Å². The molecule has 0 unspecified atom stereocenters. The van der Waals surface area contributed by atoms with Crippen LogP contribution in [0.25, 0.3) is 0 Å². The summed E-state index contributed by atoms with van der Waals surface area (Å²) >= 11 is 1.28. The van der Waals surface area contributed by atoms with Gasteiger partial charge in [0, 0.05) is 25.9 Å². The van der Waals surface area contributed by atoms with E-state index >= 15 is 0 Å². The number of hydrogen-bond donors (Lipinski definition) is 0. The number of Topliss-reactive ketones (excluding diaryl/α,β-unsaturated/α-hetero) is 1. The average molecular weight is 336 g/mol. The van der Waals surface area contributed by atoms with Gasteiger partial charge in [0.1, 0.15) is 4.90 Å². The quantitative estimate of drug-likeness (QED) is 0.598. The number of sulfonamides is 1. The summed E-state index contributed by atoms with van der Waals surface area (Å²) in [5, 5.41) is 0.613. The molecule has 0 fully saturated rings. The van der Waals surface area contributed by atoms with Gasteiger partial charge in [0.15, 0.2) is 5.78 Å². The zero-order valence-corrected chi connectivity index (χ0v) is 13.9. The first-order valence-corrected chi connectivity index (χ1v) is 8.93. The number of pyridine rings is 1. The van der Waals surface area contributed by atoms with Crippen LogP contribution in [0.4, 0.5) is 0 Å². The number of benzene rings is 1. The third-order valence-corrected chi connectivity index (χ3v) is 5.68. The fraction of sp³-hybridized carbons (Fsp3) is 0.200. The molecule has 0 radical (unpaired) electrons. The topological polar surface area (TPSA) is 67.3 Å². The number of ketones is 1. The van der Waals surface area contributed by atoms with Crippen LogP contribution in [-0.4, -0.2) is 43.3 Å².